The zero-order valence-corrected chi connectivity index (χ0v) is 25.0. The van der Waals surface area contributed by atoms with Crippen molar-refractivity contribution in [2.75, 3.05) is 26.3 Å². The molecule has 0 aliphatic carbocycles. The van der Waals surface area contributed by atoms with Gasteiger partial charge < -0.3 is 9.47 Å². The Morgan fingerprint density at radius 2 is 0.682 bits per heavy atom. The number of benzene rings is 4. The third-order valence-electron chi connectivity index (χ3n) is 7.90. The first-order valence-electron chi connectivity index (χ1n) is 15.2. The molecule has 0 amide bonds. The fourth-order valence-corrected chi connectivity index (χ4v) is 5.72. The molecule has 0 spiro atoms. The lowest BCUT2D eigenvalue weighted by Crippen LogP contribution is -2.39. The molecule has 230 valence electrons. The third-order valence-corrected chi connectivity index (χ3v) is 7.90. The zero-order valence-electron chi connectivity index (χ0n) is 25.0. The highest BCUT2D eigenvalue weighted by Gasteiger charge is 2.42. The Hall–Kier alpha value is -4.40. The molecule has 0 heterocycles. The second-order valence-electron chi connectivity index (χ2n) is 10.9. The van der Waals surface area contributed by atoms with Crippen LogP contribution in [0.4, 0.5) is 0 Å². The zero-order chi connectivity index (χ0) is 31.1. The van der Waals surface area contributed by atoms with Gasteiger partial charge in [0.1, 0.15) is 0 Å². The lowest BCUT2D eigenvalue weighted by molar-refractivity contribution is -0.501. The van der Waals surface area contributed by atoms with Gasteiger partial charge >= 0.3 is 0 Å². The van der Waals surface area contributed by atoms with E-state index in [2.05, 4.69) is 0 Å². The average molecular weight is 597 g/mol. The highest BCUT2D eigenvalue weighted by molar-refractivity contribution is 5.38. The number of unbranched alkanes of at least 4 members (excludes halogenated alkanes) is 5. The van der Waals surface area contributed by atoms with Crippen molar-refractivity contribution < 1.29 is 19.3 Å². The number of nitrogens with zero attached hydrogens (tertiary/aromatic N) is 2. The Bertz CT molecular complexity index is 1230. The van der Waals surface area contributed by atoms with Crippen LogP contribution in [0.3, 0.4) is 0 Å². The van der Waals surface area contributed by atoms with Crippen LogP contribution < -0.4 is 0 Å². The molecular weight excluding hydrogens is 556 g/mol. The Balaban J connectivity index is 1.28. The molecule has 0 bridgehead atoms. The van der Waals surface area contributed by atoms with Crippen molar-refractivity contribution in [3.8, 4) is 0 Å². The van der Waals surface area contributed by atoms with Gasteiger partial charge in [0.25, 0.3) is 0 Å². The Labute approximate surface area is 259 Å². The maximum absolute atomic E-state index is 11.8. The maximum Gasteiger partial charge on any atom is 0.240 e. The van der Waals surface area contributed by atoms with E-state index in [1.807, 2.05) is 121 Å². The topological polar surface area (TPSA) is 105 Å². The first-order valence-corrected chi connectivity index (χ1v) is 15.2. The van der Waals surface area contributed by atoms with E-state index in [9.17, 15) is 20.2 Å². The second kappa shape index (κ2) is 16.4. The third kappa shape index (κ3) is 8.58. The van der Waals surface area contributed by atoms with Crippen molar-refractivity contribution in [2.45, 2.75) is 49.7 Å². The molecule has 0 radical (unpaired) electrons. The summed E-state index contributed by atoms with van der Waals surface area (Å²) in [5, 5.41) is 23.6. The van der Waals surface area contributed by atoms with Gasteiger partial charge in [-0.3, -0.25) is 20.2 Å². The fourth-order valence-electron chi connectivity index (χ4n) is 5.72. The quantitative estimate of drug-likeness (QED) is 0.0621. The van der Waals surface area contributed by atoms with E-state index >= 15 is 0 Å². The van der Waals surface area contributed by atoms with E-state index in [0.717, 1.165) is 60.8 Å². The van der Waals surface area contributed by atoms with Crippen LogP contribution in [-0.2, 0) is 20.7 Å². The second-order valence-corrected chi connectivity index (χ2v) is 10.9. The van der Waals surface area contributed by atoms with Crippen molar-refractivity contribution in [2.24, 2.45) is 0 Å². The summed E-state index contributed by atoms with van der Waals surface area (Å²) in [6.45, 7) is 0.0897. The van der Waals surface area contributed by atoms with Gasteiger partial charge in [-0.2, -0.15) is 0 Å². The van der Waals surface area contributed by atoms with E-state index in [1.165, 1.54) is 0 Å². The molecule has 4 aromatic carbocycles. The Kier molecular flexibility index (Phi) is 12.2. The van der Waals surface area contributed by atoms with Gasteiger partial charge in [-0.05, 0) is 35.1 Å². The van der Waals surface area contributed by atoms with E-state index in [1.54, 1.807) is 0 Å². The van der Waals surface area contributed by atoms with Gasteiger partial charge in [-0.25, -0.2) is 0 Å². The van der Waals surface area contributed by atoms with Crippen molar-refractivity contribution in [1.29, 1.82) is 0 Å². The minimum Gasteiger partial charge on any atom is -0.359 e. The molecule has 0 aromatic heterocycles. The molecule has 0 N–H and O–H groups in total. The number of ether oxygens (including phenoxy) is 2. The molecule has 0 fully saturated rings. The lowest BCUT2D eigenvalue weighted by Gasteiger charge is -2.31. The summed E-state index contributed by atoms with van der Waals surface area (Å²) < 4.78 is 12.8. The number of hydrogen-bond acceptors (Lipinski definition) is 6. The van der Waals surface area contributed by atoms with Crippen LogP contribution in [0.15, 0.2) is 121 Å². The van der Waals surface area contributed by atoms with Gasteiger partial charge in [-0.1, -0.05) is 147 Å². The van der Waals surface area contributed by atoms with E-state index in [4.69, 9.17) is 9.47 Å². The summed E-state index contributed by atoms with van der Waals surface area (Å²) >= 11 is 0. The van der Waals surface area contributed by atoms with Crippen LogP contribution >= 0.6 is 0 Å². The first-order chi connectivity index (χ1) is 21.5. The molecule has 0 aliphatic rings. The Morgan fingerprint density at radius 3 is 0.932 bits per heavy atom. The van der Waals surface area contributed by atoms with Gasteiger partial charge in [-0.15, -0.1) is 0 Å². The van der Waals surface area contributed by atoms with Crippen molar-refractivity contribution in [3.05, 3.63) is 164 Å². The largest absolute Gasteiger partial charge is 0.359 e. The molecule has 0 saturated carbocycles. The van der Waals surface area contributed by atoms with Gasteiger partial charge in [0.15, 0.2) is 11.2 Å². The minimum atomic E-state index is -1.16. The molecule has 4 rings (SSSR count). The summed E-state index contributed by atoms with van der Waals surface area (Å²) in [4.78, 5) is 22.9. The molecule has 8 heteroatoms. The normalized spacial score (nSPS) is 11.7. The predicted molar refractivity (Wildman–Crippen MR) is 171 cm³/mol. The van der Waals surface area contributed by atoms with Crippen LogP contribution in [0, 0.1) is 20.2 Å². The molecule has 0 saturated heterocycles. The first kappa shape index (κ1) is 32.5. The molecule has 4 aromatic rings. The molecule has 0 atom stereocenters. The standard InChI is InChI=1S/C36H40N2O6/c39-37(40)29-35(31-19-9-5-10-20-31,32-21-11-6-12-22-32)43-27-17-3-1-2-4-18-28-44-36(30-38(41)42,33-23-13-7-14-24-33)34-25-15-8-16-26-34/h5-16,19-26H,1-4,17-18,27-30H2. The maximum atomic E-state index is 11.8. The van der Waals surface area contributed by atoms with Gasteiger partial charge in [0.2, 0.25) is 13.1 Å². The van der Waals surface area contributed by atoms with Crippen LogP contribution in [-0.4, -0.2) is 36.1 Å². The van der Waals surface area contributed by atoms with Crippen LogP contribution in [0.1, 0.15) is 60.8 Å². The number of hydrogen-bond donors (Lipinski definition) is 0. The van der Waals surface area contributed by atoms with Crippen molar-refractivity contribution in [1.82, 2.24) is 0 Å². The lowest BCUT2D eigenvalue weighted by atomic mass is 9.86. The number of rotatable bonds is 19. The summed E-state index contributed by atoms with van der Waals surface area (Å²) in [6.07, 6.45) is 5.39. The summed E-state index contributed by atoms with van der Waals surface area (Å²) in [5.74, 6) is 0. The minimum absolute atomic E-state index is 0.308. The van der Waals surface area contributed by atoms with Crippen LogP contribution in [0.2, 0.25) is 0 Å². The van der Waals surface area contributed by atoms with Gasteiger partial charge in [0.05, 0.1) is 0 Å². The summed E-state index contributed by atoms with van der Waals surface area (Å²) in [7, 11) is 0. The van der Waals surface area contributed by atoms with E-state index in [0.29, 0.717) is 13.2 Å². The smallest absolute Gasteiger partial charge is 0.240 e. The summed E-state index contributed by atoms with van der Waals surface area (Å²) in [6, 6.07) is 37.6. The highest BCUT2D eigenvalue weighted by Crippen LogP contribution is 2.36. The molecule has 44 heavy (non-hydrogen) atoms. The predicted octanol–water partition coefficient (Wildman–Crippen LogP) is 7.80. The monoisotopic (exact) mass is 596 g/mol. The highest BCUT2D eigenvalue weighted by atomic mass is 16.6. The SMILES string of the molecule is O=[N+]([O-])CC(OCCCCCCCCOC(C[N+](=O)[O-])(c1ccccc1)c1ccccc1)(c1ccccc1)c1ccccc1. The van der Waals surface area contributed by atoms with Crippen molar-refractivity contribution >= 4 is 0 Å². The molecular formula is C36H40N2O6. The fraction of sp³-hybridized carbons (Fsp3) is 0.333. The molecule has 0 aliphatic heterocycles. The van der Waals surface area contributed by atoms with E-state index in [-0.39, 0.29) is 22.9 Å². The molecule has 0 unspecified atom stereocenters. The van der Waals surface area contributed by atoms with E-state index < -0.39 is 11.2 Å². The van der Waals surface area contributed by atoms with Crippen molar-refractivity contribution in [3.63, 3.8) is 0 Å². The average Bonchev–Trinajstić information content (AvgIpc) is 3.05. The number of nitro groups is 2. The summed E-state index contributed by atoms with van der Waals surface area (Å²) in [5.41, 5.74) is 0.752. The molecule has 8 nitrogen and oxygen atoms in total. The van der Waals surface area contributed by atoms with Crippen LogP contribution in [0.5, 0.6) is 0 Å². The van der Waals surface area contributed by atoms with Gasteiger partial charge in [0, 0.05) is 23.1 Å². The van der Waals surface area contributed by atoms with Crippen LogP contribution in [0.25, 0.3) is 0 Å². The Morgan fingerprint density at radius 1 is 0.432 bits per heavy atom.